The van der Waals surface area contributed by atoms with Gasteiger partial charge in [-0.25, -0.2) is 14.6 Å². The van der Waals surface area contributed by atoms with Gasteiger partial charge in [-0.15, -0.1) is 0 Å². The third-order valence-electron chi connectivity index (χ3n) is 8.66. The topological polar surface area (TPSA) is 144 Å². The molecule has 13 nitrogen and oxygen atoms in total. The molecule has 3 heterocycles. The fourth-order valence-corrected chi connectivity index (χ4v) is 6.09. The molecule has 0 spiro atoms. The smallest absolute Gasteiger partial charge is 0.434 e. The predicted molar refractivity (Wildman–Crippen MR) is 196 cm³/mol. The maximum Gasteiger partial charge on any atom is 0.434 e. The summed E-state index contributed by atoms with van der Waals surface area (Å²) < 4.78 is 55.2. The van der Waals surface area contributed by atoms with Crippen molar-refractivity contribution >= 4 is 57.4 Å². The number of fused-ring (bicyclic) bond motifs is 1. The maximum absolute atomic E-state index is 14.5. The average Bonchev–Trinajstić information content (AvgIpc) is 3.64. The second kappa shape index (κ2) is 15.8. The highest BCUT2D eigenvalue weighted by molar-refractivity contribution is 6.32. The maximum atomic E-state index is 14.5. The van der Waals surface area contributed by atoms with E-state index >= 15 is 0 Å². The van der Waals surface area contributed by atoms with Gasteiger partial charge in [0.1, 0.15) is 30.3 Å². The van der Waals surface area contributed by atoms with E-state index in [1.807, 2.05) is 4.90 Å². The van der Waals surface area contributed by atoms with Crippen molar-refractivity contribution in [2.24, 2.45) is 0 Å². The fourth-order valence-electron chi connectivity index (χ4n) is 5.87. The number of hydrogen-bond donors (Lipinski definition) is 2. The van der Waals surface area contributed by atoms with Gasteiger partial charge in [-0.1, -0.05) is 25.1 Å². The number of ether oxygens (including phenoxy) is 2. The third kappa shape index (κ3) is 8.07. The van der Waals surface area contributed by atoms with Crippen molar-refractivity contribution in [3.8, 4) is 17.2 Å². The van der Waals surface area contributed by atoms with E-state index < -0.39 is 23.3 Å². The summed E-state index contributed by atoms with van der Waals surface area (Å²) in [5.74, 6) is -0.406. The molecule has 2 aromatic heterocycles. The zero-order valence-corrected chi connectivity index (χ0v) is 29.9. The highest BCUT2D eigenvalue weighted by atomic mass is 35.5. The van der Waals surface area contributed by atoms with Crippen LogP contribution in [0.1, 0.15) is 35.0 Å². The Morgan fingerprint density at radius 1 is 1.00 bits per heavy atom. The molecule has 0 saturated carbocycles. The molecule has 0 unspecified atom stereocenters. The first kappa shape index (κ1) is 37.6. The van der Waals surface area contributed by atoms with Crippen LogP contribution in [0.15, 0.2) is 79.8 Å². The summed E-state index contributed by atoms with van der Waals surface area (Å²) in [5, 5.41) is 10.1. The molecule has 1 aliphatic heterocycles. The second-order valence-corrected chi connectivity index (χ2v) is 12.5. The summed E-state index contributed by atoms with van der Waals surface area (Å²) in [5.41, 5.74) is -0.619. The van der Waals surface area contributed by atoms with Crippen molar-refractivity contribution in [1.82, 2.24) is 24.6 Å². The van der Waals surface area contributed by atoms with Crippen molar-refractivity contribution in [2.45, 2.75) is 26.1 Å². The zero-order chi connectivity index (χ0) is 38.6. The van der Waals surface area contributed by atoms with Gasteiger partial charge in [-0.05, 0) is 60.7 Å². The summed E-state index contributed by atoms with van der Waals surface area (Å²) in [6.07, 6.45) is -1.25. The van der Waals surface area contributed by atoms with Crippen LogP contribution in [0.4, 0.5) is 30.4 Å². The van der Waals surface area contributed by atoms with Crippen molar-refractivity contribution in [2.75, 3.05) is 48.8 Å². The Balaban J connectivity index is 1.27. The van der Waals surface area contributed by atoms with Crippen LogP contribution in [-0.2, 0) is 22.4 Å². The zero-order valence-electron chi connectivity index (χ0n) is 29.1. The van der Waals surface area contributed by atoms with Gasteiger partial charge in [0.05, 0.1) is 35.8 Å². The van der Waals surface area contributed by atoms with Crippen LogP contribution in [0, 0.1) is 0 Å². The summed E-state index contributed by atoms with van der Waals surface area (Å²) in [7, 11) is 1.43. The lowest BCUT2D eigenvalue weighted by Gasteiger charge is -2.35. The molecule has 0 radical (unpaired) electrons. The molecule has 6 rings (SSSR count). The average molecular weight is 763 g/mol. The Morgan fingerprint density at radius 2 is 1.74 bits per heavy atom. The van der Waals surface area contributed by atoms with Gasteiger partial charge in [-0.3, -0.25) is 14.4 Å². The molecule has 0 bridgehead atoms. The monoisotopic (exact) mass is 762 g/mol. The lowest BCUT2D eigenvalue weighted by Crippen LogP contribution is -2.48. The summed E-state index contributed by atoms with van der Waals surface area (Å²) in [6, 6.07) is 13.6. The van der Waals surface area contributed by atoms with E-state index in [0.29, 0.717) is 63.9 Å². The number of halogens is 4. The van der Waals surface area contributed by atoms with Crippen molar-refractivity contribution in [3.05, 3.63) is 102 Å². The summed E-state index contributed by atoms with van der Waals surface area (Å²) >= 11 is 6.74. The molecule has 17 heteroatoms. The first-order chi connectivity index (χ1) is 25.9. The molecule has 54 heavy (non-hydrogen) atoms. The van der Waals surface area contributed by atoms with Crippen LogP contribution in [0.25, 0.3) is 16.6 Å². The molecular weight excluding hydrogens is 729 g/mol. The summed E-state index contributed by atoms with van der Waals surface area (Å²) in [4.78, 5) is 50.4. The number of benzene rings is 3. The van der Waals surface area contributed by atoms with Crippen LogP contribution in [0.5, 0.6) is 11.5 Å². The SMILES string of the molecule is C=CC(=O)N1CCN(c2ncnc3cc(COc4ccc(NC(=O)CC)cc4NC(=O)c4cnn(-c5ccc(OC)cc5)c4C(F)(F)F)c(Cl)cc23)CC1. The molecule has 280 valence electrons. The number of methoxy groups -OCH3 is 1. The second-order valence-electron chi connectivity index (χ2n) is 12.0. The molecule has 0 atom stereocenters. The number of hydrogen-bond acceptors (Lipinski definition) is 9. The number of aromatic nitrogens is 4. The van der Waals surface area contributed by atoms with E-state index in [1.54, 1.807) is 24.0 Å². The number of carbonyl (C=O) groups excluding carboxylic acids is 3. The fraction of sp³-hybridized carbons (Fsp3) is 0.243. The van der Waals surface area contributed by atoms with E-state index in [0.717, 1.165) is 6.20 Å². The minimum absolute atomic E-state index is 0.0187. The molecule has 1 fully saturated rings. The van der Waals surface area contributed by atoms with Gasteiger partial charge >= 0.3 is 6.18 Å². The van der Waals surface area contributed by atoms with E-state index in [1.165, 1.54) is 62.0 Å². The molecule has 3 aromatic carbocycles. The van der Waals surface area contributed by atoms with E-state index in [9.17, 15) is 27.6 Å². The van der Waals surface area contributed by atoms with Gasteiger partial charge in [0, 0.05) is 54.3 Å². The first-order valence-corrected chi connectivity index (χ1v) is 17.0. The van der Waals surface area contributed by atoms with Crippen LogP contribution in [0.3, 0.4) is 0 Å². The highest BCUT2D eigenvalue weighted by Crippen LogP contribution is 2.36. The molecule has 1 aliphatic rings. The van der Waals surface area contributed by atoms with Crippen LogP contribution < -0.4 is 25.0 Å². The number of nitrogens with zero attached hydrogens (tertiary/aromatic N) is 6. The van der Waals surface area contributed by atoms with Gasteiger partial charge in [0.15, 0.2) is 5.69 Å². The number of piperazine rings is 1. The molecular formula is C37H34ClF3N8O5. The minimum Gasteiger partial charge on any atom is -0.497 e. The lowest BCUT2D eigenvalue weighted by molar-refractivity contribution is -0.143. The Hall–Kier alpha value is -6.16. The first-order valence-electron chi connectivity index (χ1n) is 16.7. The number of rotatable bonds is 11. The normalized spacial score (nSPS) is 13.1. The van der Waals surface area contributed by atoms with Gasteiger partial charge in [0.25, 0.3) is 5.91 Å². The number of anilines is 3. The minimum atomic E-state index is -4.96. The standard InChI is InChI=1S/C37H34ClF3N8O5/c1-4-32(50)45-23-6-11-31(30(17-23)46-36(52)27-19-44-49(34(27)37(39,40)41)24-7-9-25(53-3)10-8-24)54-20-22-16-29-26(18-28(22)38)35(43-21-42-29)48-14-12-47(13-15-48)33(51)5-2/h5-11,16-19,21H,2,4,12-15,20H2,1,3H3,(H,45,50)(H,46,52). The molecule has 0 aliphatic carbocycles. The molecule has 3 amide bonds. The number of amides is 3. The largest absolute Gasteiger partial charge is 0.497 e. The van der Waals surface area contributed by atoms with Gasteiger partial charge in [0.2, 0.25) is 11.8 Å². The highest BCUT2D eigenvalue weighted by Gasteiger charge is 2.41. The predicted octanol–water partition coefficient (Wildman–Crippen LogP) is 6.51. The van der Waals surface area contributed by atoms with Crippen molar-refractivity contribution < 1.29 is 37.0 Å². The third-order valence-corrected chi connectivity index (χ3v) is 9.01. The lowest BCUT2D eigenvalue weighted by atomic mass is 10.1. The molecule has 1 saturated heterocycles. The number of nitrogens with one attached hydrogen (secondary N) is 2. The van der Waals surface area contributed by atoms with E-state index in [-0.39, 0.29) is 47.7 Å². The van der Waals surface area contributed by atoms with Crippen molar-refractivity contribution in [1.29, 1.82) is 0 Å². The number of alkyl halides is 3. The Morgan fingerprint density at radius 3 is 2.41 bits per heavy atom. The number of carbonyl (C=O) groups is 3. The van der Waals surface area contributed by atoms with Crippen LogP contribution in [0.2, 0.25) is 5.02 Å². The van der Waals surface area contributed by atoms with E-state index in [4.69, 9.17) is 21.1 Å². The Bertz CT molecular complexity index is 2220. The Labute approximate surface area is 312 Å². The van der Waals surface area contributed by atoms with Crippen LogP contribution in [-0.4, -0.2) is 75.7 Å². The molecule has 2 N–H and O–H groups in total. The van der Waals surface area contributed by atoms with Gasteiger partial charge in [-0.2, -0.15) is 18.3 Å². The Kier molecular flexibility index (Phi) is 11.0. The van der Waals surface area contributed by atoms with Gasteiger partial charge < -0.3 is 29.9 Å². The molecule has 5 aromatic rings. The van der Waals surface area contributed by atoms with Crippen molar-refractivity contribution in [3.63, 3.8) is 0 Å². The van der Waals surface area contributed by atoms with Crippen LogP contribution >= 0.6 is 11.6 Å². The quantitative estimate of drug-likeness (QED) is 0.144. The van der Waals surface area contributed by atoms with E-state index in [2.05, 4.69) is 32.3 Å². The summed E-state index contributed by atoms with van der Waals surface area (Å²) in [6.45, 7) is 7.17.